The van der Waals surface area contributed by atoms with Gasteiger partial charge in [0, 0.05) is 29.3 Å². The summed E-state index contributed by atoms with van der Waals surface area (Å²) in [6, 6.07) is 8.54. The Hall–Kier alpha value is -1.85. The summed E-state index contributed by atoms with van der Waals surface area (Å²) in [6.07, 6.45) is 0.491. The SMILES string of the molecule is C[C@H](CCO)NC(=O)c1cc(-c2cccc(Cl)c2)on1. The second kappa shape index (κ2) is 6.54. The number of amides is 1. The second-order valence-corrected chi connectivity index (χ2v) is 4.91. The molecule has 0 aliphatic heterocycles. The Morgan fingerprint density at radius 2 is 2.30 bits per heavy atom. The Labute approximate surface area is 121 Å². The number of carbonyl (C=O) groups is 1. The van der Waals surface area contributed by atoms with Crippen molar-refractivity contribution >= 4 is 17.5 Å². The summed E-state index contributed by atoms with van der Waals surface area (Å²) in [6.45, 7) is 1.83. The van der Waals surface area contributed by atoms with Crippen LogP contribution in [0, 0.1) is 0 Å². The number of hydrogen-bond donors (Lipinski definition) is 2. The monoisotopic (exact) mass is 294 g/mol. The van der Waals surface area contributed by atoms with E-state index in [4.69, 9.17) is 21.2 Å². The average molecular weight is 295 g/mol. The number of halogens is 1. The van der Waals surface area contributed by atoms with Crippen LogP contribution in [-0.4, -0.2) is 28.8 Å². The van der Waals surface area contributed by atoms with Crippen LogP contribution in [0.15, 0.2) is 34.9 Å². The molecule has 2 N–H and O–H groups in total. The zero-order chi connectivity index (χ0) is 14.5. The smallest absolute Gasteiger partial charge is 0.273 e. The second-order valence-electron chi connectivity index (χ2n) is 4.47. The van der Waals surface area contributed by atoms with Gasteiger partial charge in [0.05, 0.1) is 0 Å². The molecule has 0 aliphatic rings. The molecule has 1 atom stereocenters. The Balaban J connectivity index is 2.11. The summed E-state index contributed by atoms with van der Waals surface area (Å²) in [4.78, 5) is 11.9. The van der Waals surface area contributed by atoms with E-state index >= 15 is 0 Å². The Kier molecular flexibility index (Phi) is 4.76. The quantitative estimate of drug-likeness (QED) is 0.888. The van der Waals surface area contributed by atoms with Crippen LogP contribution < -0.4 is 5.32 Å². The van der Waals surface area contributed by atoms with Gasteiger partial charge in [-0.2, -0.15) is 0 Å². The fourth-order valence-electron chi connectivity index (χ4n) is 1.72. The molecule has 0 unspecified atom stereocenters. The number of hydrogen-bond acceptors (Lipinski definition) is 4. The number of benzene rings is 1. The highest BCUT2D eigenvalue weighted by Crippen LogP contribution is 2.23. The van der Waals surface area contributed by atoms with Gasteiger partial charge in [-0.1, -0.05) is 28.9 Å². The summed E-state index contributed by atoms with van der Waals surface area (Å²) < 4.78 is 5.15. The third-order valence-corrected chi connectivity index (χ3v) is 3.03. The number of nitrogens with zero attached hydrogens (tertiary/aromatic N) is 1. The molecule has 20 heavy (non-hydrogen) atoms. The molecule has 6 heteroatoms. The van der Waals surface area contributed by atoms with E-state index in [9.17, 15) is 4.79 Å². The Bertz CT molecular complexity index is 598. The van der Waals surface area contributed by atoms with Crippen LogP contribution in [0.2, 0.25) is 5.02 Å². The van der Waals surface area contributed by atoms with Crippen molar-refractivity contribution in [2.24, 2.45) is 0 Å². The molecule has 2 rings (SSSR count). The van der Waals surface area contributed by atoms with Crippen LogP contribution in [0.25, 0.3) is 11.3 Å². The van der Waals surface area contributed by atoms with Crippen molar-refractivity contribution < 1.29 is 14.4 Å². The molecular formula is C14H15ClN2O3. The summed E-state index contributed by atoms with van der Waals surface area (Å²) in [5.74, 6) is 0.149. The molecule has 106 valence electrons. The van der Waals surface area contributed by atoms with Crippen molar-refractivity contribution in [2.45, 2.75) is 19.4 Å². The lowest BCUT2D eigenvalue weighted by Gasteiger charge is -2.10. The lowest BCUT2D eigenvalue weighted by atomic mass is 10.1. The summed E-state index contributed by atoms with van der Waals surface area (Å²) in [7, 11) is 0. The van der Waals surface area contributed by atoms with Crippen molar-refractivity contribution in [3.63, 3.8) is 0 Å². The highest BCUT2D eigenvalue weighted by atomic mass is 35.5. The van der Waals surface area contributed by atoms with Gasteiger partial charge in [-0.25, -0.2) is 0 Å². The van der Waals surface area contributed by atoms with E-state index < -0.39 is 0 Å². The van der Waals surface area contributed by atoms with E-state index in [2.05, 4.69) is 10.5 Å². The van der Waals surface area contributed by atoms with Crippen molar-refractivity contribution in [3.05, 3.63) is 41.0 Å². The van der Waals surface area contributed by atoms with Crippen LogP contribution in [0.3, 0.4) is 0 Å². The van der Waals surface area contributed by atoms with Crippen molar-refractivity contribution in [3.8, 4) is 11.3 Å². The van der Waals surface area contributed by atoms with Gasteiger partial charge in [-0.05, 0) is 25.5 Å². The minimum Gasteiger partial charge on any atom is -0.396 e. The van der Waals surface area contributed by atoms with Gasteiger partial charge in [0.2, 0.25) is 0 Å². The fraction of sp³-hybridized carbons (Fsp3) is 0.286. The molecule has 0 bridgehead atoms. The van der Waals surface area contributed by atoms with Crippen molar-refractivity contribution in [1.82, 2.24) is 10.5 Å². The number of aliphatic hydroxyl groups excluding tert-OH is 1. The molecule has 0 saturated heterocycles. The number of aromatic nitrogens is 1. The summed E-state index contributed by atoms with van der Waals surface area (Å²) >= 11 is 5.90. The van der Waals surface area contributed by atoms with E-state index in [1.165, 1.54) is 0 Å². The van der Waals surface area contributed by atoms with Crippen molar-refractivity contribution in [1.29, 1.82) is 0 Å². The van der Waals surface area contributed by atoms with Gasteiger partial charge in [0.1, 0.15) is 0 Å². The molecule has 5 nitrogen and oxygen atoms in total. The number of carbonyl (C=O) groups excluding carboxylic acids is 1. The van der Waals surface area contributed by atoms with E-state index in [1.54, 1.807) is 24.3 Å². The lowest BCUT2D eigenvalue weighted by molar-refractivity contribution is 0.0925. The Morgan fingerprint density at radius 1 is 1.50 bits per heavy atom. The zero-order valence-electron chi connectivity index (χ0n) is 11.0. The van der Waals surface area contributed by atoms with Gasteiger partial charge in [0.25, 0.3) is 5.91 Å². The highest BCUT2D eigenvalue weighted by Gasteiger charge is 2.15. The third-order valence-electron chi connectivity index (χ3n) is 2.79. The molecule has 1 heterocycles. The minimum absolute atomic E-state index is 0.0219. The predicted octanol–water partition coefficient (Wildman–Crippen LogP) is 2.50. The first-order valence-corrected chi connectivity index (χ1v) is 6.62. The first-order valence-electron chi connectivity index (χ1n) is 6.24. The normalized spacial score (nSPS) is 12.2. The molecule has 0 radical (unpaired) electrons. The Morgan fingerprint density at radius 3 is 3.00 bits per heavy atom. The number of nitrogens with one attached hydrogen (secondary N) is 1. The number of aliphatic hydroxyl groups is 1. The van der Waals surface area contributed by atoms with E-state index in [-0.39, 0.29) is 24.2 Å². The largest absolute Gasteiger partial charge is 0.396 e. The van der Waals surface area contributed by atoms with E-state index in [0.717, 1.165) is 5.56 Å². The number of rotatable bonds is 5. The molecule has 0 saturated carbocycles. The highest BCUT2D eigenvalue weighted by molar-refractivity contribution is 6.30. The summed E-state index contributed by atoms with van der Waals surface area (Å²) in [5, 5.41) is 15.9. The molecule has 2 aromatic rings. The fourth-order valence-corrected chi connectivity index (χ4v) is 1.91. The topological polar surface area (TPSA) is 75.4 Å². The molecular weight excluding hydrogens is 280 g/mol. The maximum atomic E-state index is 11.9. The van der Waals surface area contributed by atoms with Gasteiger partial charge >= 0.3 is 0 Å². The van der Waals surface area contributed by atoms with E-state index in [1.807, 2.05) is 13.0 Å². The molecule has 1 aromatic heterocycles. The minimum atomic E-state index is -0.331. The van der Waals surface area contributed by atoms with Gasteiger partial charge in [0.15, 0.2) is 11.5 Å². The molecule has 0 fully saturated rings. The first kappa shape index (κ1) is 14.6. The van der Waals surface area contributed by atoms with Gasteiger partial charge < -0.3 is 14.9 Å². The lowest BCUT2D eigenvalue weighted by Crippen LogP contribution is -2.33. The van der Waals surface area contributed by atoms with E-state index in [0.29, 0.717) is 17.2 Å². The average Bonchev–Trinajstić information content (AvgIpc) is 2.88. The van der Waals surface area contributed by atoms with Crippen LogP contribution in [0.1, 0.15) is 23.8 Å². The first-order chi connectivity index (χ1) is 9.60. The third kappa shape index (κ3) is 3.59. The summed E-state index contributed by atoms with van der Waals surface area (Å²) in [5.41, 5.74) is 0.956. The standard InChI is InChI=1S/C14H15ClN2O3/c1-9(5-6-18)16-14(19)12-8-13(20-17-12)10-3-2-4-11(15)7-10/h2-4,7-9,18H,5-6H2,1H3,(H,16,19)/t9-/m1/s1. The molecule has 0 spiro atoms. The van der Waals surface area contributed by atoms with Gasteiger partial charge in [-0.15, -0.1) is 0 Å². The van der Waals surface area contributed by atoms with Crippen molar-refractivity contribution in [2.75, 3.05) is 6.61 Å². The predicted molar refractivity (Wildman–Crippen MR) is 75.6 cm³/mol. The maximum Gasteiger partial charge on any atom is 0.273 e. The molecule has 1 aromatic carbocycles. The van der Waals surface area contributed by atoms with Crippen LogP contribution in [0.4, 0.5) is 0 Å². The van der Waals surface area contributed by atoms with Gasteiger partial charge in [-0.3, -0.25) is 4.79 Å². The zero-order valence-corrected chi connectivity index (χ0v) is 11.7. The molecule has 1 amide bonds. The molecule has 0 aliphatic carbocycles. The maximum absolute atomic E-state index is 11.9. The van der Waals surface area contributed by atoms with Crippen LogP contribution >= 0.6 is 11.6 Å². The van der Waals surface area contributed by atoms with Crippen LogP contribution in [0.5, 0.6) is 0 Å². The van der Waals surface area contributed by atoms with Crippen LogP contribution in [-0.2, 0) is 0 Å².